The van der Waals surface area contributed by atoms with Gasteiger partial charge in [0.15, 0.2) is 5.96 Å². The van der Waals surface area contributed by atoms with Gasteiger partial charge < -0.3 is 15.5 Å². The van der Waals surface area contributed by atoms with E-state index >= 15 is 0 Å². The lowest BCUT2D eigenvalue weighted by Gasteiger charge is -2.34. The van der Waals surface area contributed by atoms with Crippen LogP contribution in [0.1, 0.15) is 17.8 Å². The minimum atomic E-state index is 0.611. The van der Waals surface area contributed by atoms with Gasteiger partial charge in [-0.1, -0.05) is 30.3 Å². The maximum Gasteiger partial charge on any atom is 0.191 e. The van der Waals surface area contributed by atoms with E-state index in [2.05, 4.69) is 65.8 Å². The number of benzene rings is 1. The summed E-state index contributed by atoms with van der Waals surface area (Å²) >= 11 is 0. The number of rotatable bonds is 8. The van der Waals surface area contributed by atoms with Gasteiger partial charge in [0.1, 0.15) is 12.2 Å². The van der Waals surface area contributed by atoms with E-state index in [9.17, 15) is 0 Å². The molecule has 0 spiro atoms. The van der Waals surface area contributed by atoms with Crippen LogP contribution in [0.3, 0.4) is 0 Å². The largest absolute Gasteiger partial charge is 0.356 e. The number of aryl methyl sites for hydroxylation is 1. The standard InChI is InChI=1S/C20H32N8/c1-21-20(23-15-19-24-17-25-26(19)2)22-9-6-10-27-11-13-28(14-12-27)16-18-7-4-3-5-8-18/h3-5,7-8,17H,6,9-16H2,1-2H3,(H2,21,22,23). The monoisotopic (exact) mass is 384 g/mol. The van der Waals surface area contributed by atoms with E-state index in [4.69, 9.17) is 0 Å². The molecule has 8 nitrogen and oxygen atoms in total. The predicted octanol–water partition coefficient (Wildman–Crippen LogP) is 0.688. The van der Waals surface area contributed by atoms with E-state index in [0.717, 1.165) is 64.0 Å². The SMILES string of the molecule is CN=C(NCCCN1CCN(Cc2ccccc2)CC1)NCc1ncnn1C. The van der Waals surface area contributed by atoms with Crippen LogP contribution in [0.2, 0.25) is 0 Å². The molecular weight excluding hydrogens is 352 g/mol. The number of hydrogen-bond acceptors (Lipinski definition) is 5. The summed E-state index contributed by atoms with van der Waals surface area (Å²) in [4.78, 5) is 13.6. The maximum atomic E-state index is 4.27. The van der Waals surface area contributed by atoms with Crippen LogP contribution >= 0.6 is 0 Å². The quantitative estimate of drug-likeness (QED) is 0.396. The first kappa shape index (κ1) is 20.3. The van der Waals surface area contributed by atoms with E-state index in [1.165, 1.54) is 5.56 Å². The van der Waals surface area contributed by atoms with E-state index in [1.54, 1.807) is 18.1 Å². The van der Waals surface area contributed by atoms with Crippen molar-refractivity contribution >= 4 is 5.96 Å². The molecule has 0 atom stereocenters. The van der Waals surface area contributed by atoms with Crippen molar-refractivity contribution in [3.63, 3.8) is 0 Å². The van der Waals surface area contributed by atoms with Gasteiger partial charge in [0, 0.05) is 53.4 Å². The van der Waals surface area contributed by atoms with Gasteiger partial charge in [-0.25, -0.2) is 4.98 Å². The Hall–Kier alpha value is -2.45. The van der Waals surface area contributed by atoms with Gasteiger partial charge in [-0.2, -0.15) is 5.10 Å². The number of nitrogens with one attached hydrogen (secondary N) is 2. The number of guanidine groups is 1. The van der Waals surface area contributed by atoms with Gasteiger partial charge in [0.2, 0.25) is 0 Å². The Bertz CT molecular complexity index is 719. The molecule has 3 rings (SSSR count). The molecule has 0 unspecified atom stereocenters. The number of piperazine rings is 1. The molecule has 2 heterocycles. The lowest BCUT2D eigenvalue weighted by atomic mass is 10.2. The molecule has 1 saturated heterocycles. The third-order valence-electron chi connectivity index (χ3n) is 5.10. The Kier molecular flexibility index (Phi) is 7.81. The summed E-state index contributed by atoms with van der Waals surface area (Å²) < 4.78 is 1.76. The van der Waals surface area contributed by atoms with Crippen LogP contribution in [0.25, 0.3) is 0 Å². The first-order valence-electron chi connectivity index (χ1n) is 10.0. The van der Waals surface area contributed by atoms with Crippen molar-refractivity contribution in [3.8, 4) is 0 Å². The van der Waals surface area contributed by atoms with E-state index < -0.39 is 0 Å². The molecular formula is C20H32N8. The summed E-state index contributed by atoms with van der Waals surface area (Å²) in [6, 6.07) is 10.7. The van der Waals surface area contributed by atoms with Crippen LogP contribution in [0, 0.1) is 0 Å². The average Bonchev–Trinajstić information content (AvgIpc) is 3.14. The number of hydrogen-bond donors (Lipinski definition) is 2. The minimum Gasteiger partial charge on any atom is -0.356 e. The molecule has 8 heteroatoms. The van der Waals surface area contributed by atoms with Crippen molar-refractivity contribution in [3.05, 3.63) is 48.0 Å². The second kappa shape index (κ2) is 10.8. The molecule has 1 aliphatic rings. The number of aromatic nitrogens is 3. The van der Waals surface area contributed by atoms with Crippen molar-refractivity contribution in [2.75, 3.05) is 46.3 Å². The molecule has 0 amide bonds. The summed E-state index contributed by atoms with van der Waals surface area (Å²) in [5.74, 6) is 1.69. The van der Waals surface area contributed by atoms with Gasteiger partial charge in [-0.3, -0.25) is 14.6 Å². The fraction of sp³-hybridized carbons (Fsp3) is 0.550. The van der Waals surface area contributed by atoms with E-state index in [-0.39, 0.29) is 0 Å². The summed E-state index contributed by atoms with van der Waals surface area (Å²) in [6.07, 6.45) is 2.66. The third-order valence-corrected chi connectivity index (χ3v) is 5.10. The smallest absolute Gasteiger partial charge is 0.191 e. The maximum absolute atomic E-state index is 4.27. The molecule has 0 aliphatic carbocycles. The molecule has 1 fully saturated rings. The third kappa shape index (κ3) is 6.31. The highest BCUT2D eigenvalue weighted by molar-refractivity contribution is 5.79. The summed E-state index contributed by atoms with van der Waals surface area (Å²) in [5.41, 5.74) is 1.40. The minimum absolute atomic E-state index is 0.611. The summed E-state index contributed by atoms with van der Waals surface area (Å²) in [6.45, 7) is 8.27. The van der Waals surface area contributed by atoms with Gasteiger partial charge in [0.05, 0.1) is 6.54 Å². The topological polar surface area (TPSA) is 73.6 Å². The summed E-state index contributed by atoms with van der Waals surface area (Å²) in [7, 11) is 3.68. The lowest BCUT2D eigenvalue weighted by Crippen LogP contribution is -2.46. The highest BCUT2D eigenvalue weighted by Gasteiger charge is 2.16. The first-order valence-corrected chi connectivity index (χ1v) is 10.0. The molecule has 28 heavy (non-hydrogen) atoms. The van der Waals surface area contributed by atoms with Gasteiger partial charge >= 0.3 is 0 Å². The fourth-order valence-corrected chi connectivity index (χ4v) is 3.39. The van der Waals surface area contributed by atoms with Crippen LogP contribution in [0.15, 0.2) is 41.7 Å². The molecule has 152 valence electrons. The van der Waals surface area contributed by atoms with Crippen molar-refractivity contribution in [1.29, 1.82) is 0 Å². The Labute approximate surface area is 167 Å². The molecule has 0 radical (unpaired) electrons. The average molecular weight is 385 g/mol. The van der Waals surface area contributed by atoms with Crippen molar-refractivity contribution in [2.24, 2.45) is 12.0 Å². The van der Waals surface area contributed by atoms with Crippen molar-refractivity contribution in [1.82, 2.24) is 35.2 Å². The molecule has 1 aromatic heterocycles. The predicted molar refractivity (Wildman–Crippen MR) is 112 cm³/mol. The molecule has 0 saturated carbocycles. The van der Waals surface area contributed by atoms with Crippen molar-refractivity contribution in [2.45, 2.75) is 19.5 Å². The highest BCUT2D eigenvalue weighted by Crippen LogP contribution is 2.08. The Morgan fingerprint density at radius 1 is 1.07 bits per heavy atom. The van der Waals surface area contributed by atoms with Crippen LogP contribution in [0.5, 0.6) is 0 Å². The van der Waals surface area contributed by atoms with Crippen LogP contribution in [0.4, 0.5) is 0 Å². The highest BCUT2D eigenvalue weighted by atomic mass is 15.3. The molecule has 2 N–H and O–H groups in total. The molecule has 1 aliphatic heterocycles. The Balaban J connectivity index is 1.27. The molecule has 0 bridgehead atoms. The molecule has 2 aromatic rings. The fourth-order valence-electron chi connectivity index (χ4n) is 3.39. The second-order valence-corrected chi connectivity index (χ2v) is 7.11. The van der Waals surface area contributed by atoms with E-state index in [1.807, 2.05) is 7.05 Å². The number of aliphatic imine (C=N–C) groups is 1. The van der Waals surface area contributed by atoms with Gasteiger partial charge in [-0.05, 0) is 18.5 Å². The zero-order chi connectivity index (χ0) is 19.6. The van der Waals surface area contributed by atoms with Crippen molar-refractivity contribution < 1.29 is 0 Å². The Morgan fingerprint density at radius 3 is 2.50 bits per heavy atom. The summed E-state index contributed by atoms with van der Waals surface area (Å²) in [5, 5.41) is 10.7. The molecule has 1 aromatic carbocycles. The second-order valence-electron chi connectivity index (χ2n) is 7.11. The normalized spacial score (nSPS) is 16.3. The van der Waals surface area contributed by atoms with Crippen LogP contribution in [-0.2, 0) is 20.1 Å². The van der Waals surface area contributed by atoms with Crippen LogP contribution < -0.4 is 10.6 Å². The number of nitrogens with zero attached hydrogens (tertiary/aromatic N) is 6. The first-order chi connectivity index (χ1) is 13.7. The van der Waals surface area contributed by atoms with Crippen LogP contribution in [-0.4, -0.2) is 76.8 Å². The van der Waals surface area contributed by atoms with Gasteiger partial charge in [0.25, 0.3) is 0 Å². The zero-order valence-electron chi connectivity index (χ0n) is 17.0. The van der Waals surface area contributed by atoms with Gasteiger partial charge in [-0.15, -0.1) is 0 Å². The van der Waals surface area contributed by atoms with E-state index in [0.29, 0.717) is 6.54 Å². The lowest BCUT2D eigenvalue weighted by molar-refractivity contribution is 0.126. The Morgan fingerprint density at radius 2 is 1.82 bits per heavy atom. The zero-order valence-corrected chi connectivity index (χ0v) is 17.0.